The van der Waals surface area contributed by atoms with Gasteiger partial charge in [0.05, 0.1) is 12.2 Å². The third kappa shape index (κ3) is 4.69. The van der Waals surface area contributed by atoms with Crippen LogP contribution in [0.5, 0.6) is 0 Å². The monoisotopic (exact) mass is 319 g/mol. The maximum atomic E-state index is 12.5. The molecule has 0 radical (unpaired) electrons. The lowest BCUT2D eigenvalue weighted by atomic mass is 10.1. The minimum atomic E-state index is -0.144. The zero-order valence-electron chi connectivity index (χ0n) is 14.2. The largest absolute Gasteiger partial charge is 0.372 e. The van der Waals surface area contributed by atoms with Gasteiger partial charge >= 0.3 is 6.03 Å². The van der Waals surface area contributed by atoms with Crippen LogP contribution in [-0.4, -0.2) is 42.1 Å². The van der Waals surface area contributed by atoms with Crippen LogP contribution in [0.4, 0.5) is 16.2 Å². The molecule has 3 amide bonds. The Hall–Kier alpha value is -2.08. The van der Waals surface area contributed by atoms with E-state index < -0.39 is 0 Å². The first-order chi connectivity index (χ1) is 10.9. The fourth-order valence-corrected chi connectivity index (χ4v) is 2.62. The van der Waals surface area contributed by atoms with Crippen LogP contribution < -0.4 is 10.6 Å². The van der Waals surface area contributed by atoms with Gasteiger partial charge in [-0.15, -0.1) is 0 Å². The van der Waals surface area contributed by atoms with Crippen LogP contribution in [-0.2, 0) is 9.53 Å². The molecule has 0 aromatic heterocycles. The molecule has 1 aliphatic rings. The van der Waals surface area contributed by atoms with Gasteiger partial charge in [0.15, 0.2) is 0 Å². The number of amides is 3. The van der Waals surface area contributed by atoms with Crippen LogP contribution in [0.15, 0.2) is 18.2 Å². The molecule has 1 saturated heterocycles. The van der Waals surface area contributed by atoms with Crippen LogP contribution in [0, 0.1) is 6.92 Å². The van der Waals surface area contributed by atoms with Crippen molar-refractivity contribution in [1.29, 1.82) is 0 Å². The molecule has 2 N–H and O–H groups in total. The lowest BCUT2D eigenvalue weighted by Gasteiger charge is -2.35. The van der Waals surface area contributed by atoms with Gasteiger partial charge in [-0.1, -0.05) is 13.0 Å². The normalized spacial score (nSPS) is 21.0. The summed E-state index contributed by atoms with van der Waals surface area (Å²) in [5, 5.41) is 5.74. The van der Waals surface area contributed by atoms with Crippen molar-refractivity contribution in [1.82, 2.24) is 4.90 Å². The molecule has 2 unspecified atom stereocenters. The average Bonchev–Trinajstić information content (AvgIpc) is 2.49. The minimum Gasteiger partial charge on any atom is -0.372 e. The summed E-state index contributed by atoms with van der Waals surface area (Å²) in [6.45, 7) is 8.78. The molecular weight excluding hydrogens is 294 g/mol. The summed E-state index contributed by atoms with van der Waals surface area (Å²) in [4.78, 5) is 25.7. The van der Waals surface area contributed by atoms with E-state index in [1.807, 2.05) is 32.9 Å². The second-order valence-corrected chi connectivity index (χ2v) is 6.02. The predicted molar refractivity (Wildman–Crippen MR) is 90.7 cm³/mol. The zero-order chi connectivity index (χ0) is 17.0. The van der Waals surface area contributed by atoms with E-state index in [4.69, 9.17) is 4.74 Å². The lowest BCUT2D eigenvalue weighted by Crippen LogP contribution is -2.49. The Bertz CT molecular complexity index is 578. The van der Waals surface area contributed by atoms with Crippen LogP contribution in [0.2, 0.25) is 0 Å². The summed E-state index contributed by atoms with van der Waals surface area (Å²) in [6, 6.07) is 5.35. The molecule has 0 spiro atoms. The van der Waals surface area contributed by atoms with Gasteiger partial charge in [-0.25, -0.2) is 4.79 Å². The smallest absolute Gasteiger partial charge is 0.322 e. The van der Waals surface area contributed by atoms with Crippen LogP contribution in [0.25, 0.3) is 0 Å². The van der Waals surface area contributed by atoms with Crippen molar-refractivity contribution in [3.63, 3.8) is 0 Å². The van der Waals surface area contributed by atoms with E-state index >= 15 is 0 Å². The number of urea groups is 1. The molecule has 1 fully saturated rings. The number of aryl methyl sites for hydroxylation is 1. The molecule has 0 saturated carbocycles. The van der Waals surface area contributed by atoms with Gasteiger partial charge in [0.2, 0.25) is 5.91 Å². The number of hydrogen-bond donors (Lipinski definition) is 2. The van der Waals surface area contributed by atoms with Crippen molar-refractivity contribution in [2.45, 2.75) is 46.3 Å². The first kappa shape index (κ1) is 17.3. The maximum absolute atomic E-state index is 12.5. The molecule has 6 heteroatoms. The molecule has 1 aromatic carbocycles. The minimum absolute atomic E-state index is 0.0285. The number of rotatable bonds is 3. The molecule has 0 bridgehead atoms. The standard InChI is InChI=1S/C17H25N3O3/c1-5-16(21)18-14-7-6-11(2)15(8-14)19-17(22)20-9-12(3)23-13(4)10-20/h6-8,12-13H,5,9-10H2,1-4H3,(H,18,21)(H,19,22). The Morgan fingerprint density at radius 1 is 1.22 bits per heavy atom. The van der Waals surface area contributed by atoms with E-state index in [9.17, 15) is 9.59 Å². The molecule has 23 heavy (non-hydrogen) atoms. The van der Waals surface area contributed by atoms with Crippen molar-refractivity contribution < 1.29 is 14.3 Å². The first-order valence-corrected chi connectivity index (χ1v) is 8.01. The number of anilines is 2. The number of morpholine rings is 1. The van der Waals surface area contributed by atoms with E-state index in [0.717, 1.165) is 5.56 Å². The predicted octanol–water partition coefficient (Wildman–Crippen LogP) is 2.98. The first-order valence-electron chi connectivity index (χ1n) is 8.01. The average molecular weight is 319 g/mol. The number of nitrogens with one attached hydrogen (secondary N) is 2. The van der Waals surface area contributed by atoms with Crippen LogP contribution in [0.3, 0.4) is 0 Å². The maximum Gasteiger partial charge on any atom is 0.322 e. The summed E-state index contributed by atoms with van der Waals surface area (Å²) in [6.07, 6.45) is 0.473. The summed E-state index contributed by atoms with van der Waals surface area (Å²) < 4.78 is 5.65. The summed E-state index contributed by atoms with van der Waals surface area (Å²) in [5.41, 5.74) is 2.33. The van der Waals surface area contributed by atoms with Gasteiger partial charge in [-0.3, -0.25) is 4.79 Å². The number of nitrogens with zero attached hydrogens (tertiary/aromatic N) is 1. The van der Waals surface area contributed by atoms with Gasteiger partial charge in [-0.2, -0.15) is 0 Å². The summed E-state index contributed by atoms with van der Waals surface area (Å²) in [5.74, 6) is -0.0537. The summed E-state index contributed by atoms with van der Waals surface area (Å²) >= 11 is 0. The fourth-order valence-electron chi connectivity index (χ4n) is 2.62. The number of ether oxygens (including phenoxy) is 1. The highest BCUT2D eigenvalue weighted by molar-refractivity contribution is 5.94. The Labute approximate surface area is 137 Å². The van der Waals surface area contributed by atoms with Crippen molar-refractivity contribution in [2.75, 3.05) is 23.7 Å². The van der Waals surface area contributed by atoms with Crippen molar-refractivity contribution in [2.24, 2.45) is 0 Å². The van der Waals surface area contributed by atoms with E-state index in [1.165, 1.54) is 0 Å². The molecular formula is C17H25N3O3. The van der Waals surface area contributed by atoms with Gasteiger partial charge in [-0.05, 0) is 38.5 Å². The third-order valence-corrected chi connectivity index (χ3v) is 3.79. The number of hydrogen-bond acceptors (Lipinski definition) is 3. The highest BCUT2D eigenvalue weighted by Gasteiger charge is 2.26. The van der Waals surface area contributed by atoms with Gasteiger partial charge < -0.3 is 20.3 Å². The number of benzene rings is 1. The lowest BCUT2D eigenvalue weighted by molar-refractivity contribution is -0.115. The molecule has 2 rings (SSSR count). The van der Waals surface area contributed by atoms with Crippen LogP contribution in [0.1, 0.15) is 32.8 Å². The van der Waals surface area contributed by atoms with Gasteiger partial charge in [0, 0.05) is 30.9 Å². The van der Waals surface area contributed by atoms with Gasteiger partial charge in [0.25, 0.3) is 0 Å². The highest BCUT2D eigenvalue weighted by atomic mass is 16.5. The molecule has 0 aliphatic carbocycles. The van der Waals surface area contributed by atoms with Gasteiger partial charge in [0.1, 0.15) is 0 Å². The molecule has 2 atom stereocenters. The second kappa shape index (κ2) is 7.46. The Balaban J connectivity index is 2.07. The highest BCUT2D eigenvalue weighted by Crippen LogP contribution is 2.21. The topological polar surface area (TPSA) is 70.7 Å². The van der Waals surface area contributed by atoms with E-state index in [2.05, 4.69) is 10.6 Å². The van der Waals surface area contributed by atoms with E-state index in [1.54, 1.807) is 17.9 Å². The fraction of sp³-hybridized carbons (Fsp3) is 0.529. The Morgan fingerprint density at radius 2 is 1.87 bits per heavy atom. The second-order valence-electron chi connectivity index (χ2n) is 6.02. The third-order valence-electron chi connectivity index (χ3n) is 3.79. The number of carbonyl (C=O) groups excluding carboxylic acids is 2. The van der Waals surface area contributed by atoms with Crippen molar-refractivity contribution in [3.8, 4) is 0 Å². The molecule has 1 aromatic rings. The van der Waals surface area contributed by atoms with Crippen LogP contribution >= 0.6 is 0 Å². The number of carbonyl (C=O) groups is 2. The zero-order valence-corrected chi connectivity index (χ0v) is 14.2. The molecule has 1 aliphatic heterocycles. The van der Waals surface area contributed by atoms with E-state index in [-0.39, 0.29) is 24.1 Å². The summed E-state index contributed by atoms with van der Waals surface area (Å²) in [7, 11) is 0. The SMILES string of the molecule is CCC(=O)Nc1ccc(C)c(NC(=O)N2CC(C)OC(C)C2)c1. The Morgan fingerprint density at radius 3 is 2.48 bits per heavy atom. The quantitative estimate of drug-likeness (QED) is 0.900. The van der Waals surface area contributed by atoms with Crippen molar-refractivity contribution >= 4 is 23.3 Å². The molecule has 6 nitrogen and oxygen atoms in total. The molecule has 126 valence electrons. The molecule has 1 heterocycles. The van der Waals surface area contributed by atoms with E-state index in [0.29, 0.717) is 30.9 Å². The Kier molecular flexibility index (Phi) is 5.60. The van der Waals surface area contributed by atoms with Crippen molar-refractivity contribution in [3.05, 3.63) is 23.8 Å².